The Morgan fingerprint density at radius 3 is 2.50 bits per heavy atom. The van der Waals surface area contributed by atoms with E-state index in [1.165, 1.54) is 5.56 Å². The molecule has 0 fully saturated rings. The van der Waals surface area contributed by atoms with E-state index in [2.05, 4.69) is 19.1 Å². The van der Waals surface area contributed by atoms with Crippen LogP contribution in [0.25, 0.3) is 0 Å². The predicted molar refractivity (Wildman–Crippen MR) is 87.3 cm³/mol. The first-order chi connectivity index (χ1) is 10.6. The van der Waals surface area contributed by atoms with E-state index in [4.69, 9.17) is 9.47 Å². The van der Waals surface area contributed by atoms with Crippen LogP contribution in [-0.4, -0.2) is 5.97 Å². The zero-order valence-electron chi connectivity index (χ0n) is 13.4. The van der Waals surface area contributed by atoms with Crippen LogP contribution in [0.4, 0.5) is 0 Å². The molecule has 3 heteroatoms. The fraction of sp³-hybridized carbons (Fsp3) is 0.316. The first-order valence-corrected chi connectivity index (χ1v) is 7.65. The summed E-state index contributed by atoms with van der Waals surface area (Å²) in [6, 6.07) is 13.7. The summed E-state index contributed by atoms with van der Waals surface area (Å²) in [6.07, 6.45) is 1.36. The lowest BCUT2D eigenvalue weighted by molar-refractivity contribution is -0.134. The van der Waals surface area contributed by atoms with Gasteiger partial charge in [0.1, 0.15) is 18.1 Å². The number of esters is 1. The highest BCUT2D eigenvalue weighted by Gasteiger charge is 2.09. The Bertz CT molecular complexity index is 647. The van der Waals surface area contributed by atoms with Crippen molar-refractivity contribution in [3.63, 3.8) is 0 Å². The van der Waals surface area contributed by atoms with Gasteiger partial charge in [0.05, 0.1) is 0 Å². The maximum atomic E-state index is 11.5. The highest BCUT2D eigenvalue weighted by Crippen LogP contribution is 2.24. The minimum Gasteiger partial charge on any atom is -0.488 e. The number of hydrogen-bond acceptors (Lipinski definition) is 3. The lowest BCUT2D eigenvalue weighted by atomic mass is 10.1. The number of aryl methyl sites for hydroxylation is 2. The van der Waals surface area contributed by atoms with Crippen molar-refractivity contribution in [2.75, 3.05) is 0 Å². The molecule has 0 spiro atoms. The molecule has 0 aliphatic heterocycles. The summed E-state index contributed by atoms with van der Waals surface area (Å²) in [7, 11) is 0. The van der Waals surface area contributed by atoms with Crippen molar-refractivity contribution < 1.29 is 14.3 Å². The second-order valence-corrected chi connectivity index (χ2v) is 5.18. The van der Waals surface area contributed by atoms with Crippen molar-refractivity contribution in [2.24, 2.45) is 0 Å². The number of carbonyl (C=O) groups excluding carboxylic acids is 1. The molecule has 22 heavy (non-hydrogen) atoms. The van der Waals surface area contributed by atoms with E-state index in [9.17, 15) is 4.79 Å². The van der Waals surface area contributed by atoms with E-state index in [1.54, 1.807) is 13.0 Å². The molecular weight excluding hydrogens is 276 g/mol. The van der Waals surface area contributed by atoms with Crippen molar-refractivity contribution in [3.05, 3.63) is 59.2 Å². The maximum absolute atomic E-state index is 11.5. The summed E-state index contributed by atoms with van der Waals surface area (Å²) >= 11 is 0. The highest BCUT2D eigenvalue weighted by molar-refractivity contribution is 5.72. The molecule has 0 atom stereocenters. The van der Waals surface area contributed by atoms with Gasteiger partial charge in [-0.1, -0.05) is 44.2 Å². The van der Waals surface area contributed by atoms with Crippen LogP contribution < -0.4 is 9.47 Å². The molecular formula is C19H22O3. The quantitative estimate of drug-likeness (QED) is 0.584. The fourth-order valence-corrected chi connectivity index (χ4v) is 2.17. The Morgan fingerprint density at radius 2 is 1.82 bits per heavy atom. The second kappa shape index (κ2) is 7.64. The molecule has 0 amide bonds. The van der Waals surface area contributed by atoms with Gasteiger partial charge in [-0.25, -0.2) is 0 Å². The zero-order valence-corrected chi connectivity index (χ0v) is 13.4. The normalized spacial score (nSPS) is 10.3. The minimum absolute atomic E-state index is 0.240. The number of ether oxygens (including phenoxy) is 2. The molecule has 0 radical (unpaired) electrons. The van der Waals surface area contributed by atoms with Crippen LogP contribution in [0.3, 0.4) is 0 Å². The average molecular weight is 298 g/mol. The lowest BCUT2D eigenvalue weighted by Gasteiger charge is -2.13. The SMILES string of the molecule is CCC(=O)Oc1ccccc1COc1ccc(CC)cc1C. The molecule has 2 aromatic carbocycles. The average Bonchev–Trinajstić information content (AvgIpc) is 2.54. The fourth-order valence-electron chi connectivity index (χ4n) is 2.17. The molecule has 0 aliphatic rings. The molecule has 0 unspecified atom stereocenters. The summed E-state index contributed by atoms with van der Waals surface area (Å²) in [5, 5.41) is 0. The molecule has 0 aromatic heterocycles. The van der Waals surface area contributed by atoms with Gasteiger partial charge >= 0.3 is 5.97 Å². The van der Waals surface area contributed by atoms with E-state index in [-0.39, 0.29) is 5.97 Å². The van der Waals surface area contributed by atoms with Gasteiger partial charge in [0.2, 0.25) is 0 Å². The van der Waals surface area contributed by atoms with E-state index < -0.39 is 0 Å². The van der Waals surface area contributed by atoms with Crippen LogP contribution in [-0.2, 0) is 17.8 Å². The Morgan fingerprint density at radius 1 is 1.05 bits per heavy atom. The van der Waals surface area contributed by atoms with E-state index in [0.717, 1.165) is 23.3 Å². The standard InChI is InChI=1S/C19H22O3/c1-4-15-10-11-17(14(3)12-15)21-13-16-8-6-7-9-18(16)22-19(20)5-2/h6-12H,4-5,13H2,1-3H3. The zero-order chi connectivity index (χ0) is 15.9. The van der Waals surface area contributed by atoms with Crippen molar-refractivity contribution in [1.82, 2.24) is 0 Å². The van der Waals surface area contributed by atoms with Gasteiger partial charge in [0.15, 0.2) is 0 Å². The Hall–Kier alpha value is -2.29. The molecule has 2 rings (SSSR count). The van der Waals surface area contributed by atoms with Crippen LogP contribution in [0, 0.1) is 6.92 Å². The summed E-state index contributed by atoms with van der Waals surface area (Å²) in [6.45, 7) is 6.32. The maximum Gasteiger partial charge on any atom is 0.310 e. The summed E-state index contributed by atoms with van der Waals surface area (Å²) < 4.78 is 11.2. The van der Waals surface area contributed by atoms with Crippen molar-refractivity contribution in [2.45, 2.75) is 40.2 Å². The molecule has 0 aliphatic carbocycles. The molecule has 2 aromatic rings. The Kier molecular flexibility index (Phi) is 5.59. The molecule has 0 bridgehead atoms. The molecule has 0 N–H and O–H groups in total. The molecule has 116 valence electrons. The van der Waals surface area contributed by atoms with E-state index in [1.807, 2.05) is 31.2 Å². The monoisotopic (exact) mass is 298 g/mol. The molecule has 3 nitrogen and oxygen atoms in total. The molecule has 0 saturated heterocycles. The van der Waals surface area contributed by atoms with Crippen molar-refractivity contribution in [3.8, 4) is 11.5 Å². The van der Waals surface area contributed by atoms with Gasteiger partial charge in [0.25, 0.3) is 0 Å². The van der Waals surface area contributed by atoms with Crippen LogP contribution >= 0.6 is 0 Å². The first kappa shape index (κ1) is 16.1. The lowest BCUT2D eigenvalue weighted by Crippen LogP contribution is -2.08. The number of benzene rings is 2. The van der Waals surface area contributed by atoms with Gasteiger partial charge in [0, 0.05) is 12.0 Å². The predicted octanol–water partition coefficient (Wildman–Crippen LogP) is 4.45. The van der Waals surface area contributed by atoms with Crippen molar-refractivity contribution >= 4 is 5.97 Å². The number of para-hydroxylation sites is 1. The topological polar surface area (TPSA) is 35.5 Å². The van der Waals surface area contributed by atoms with Gasteiger partial charge in [-0.2, -0.15) is 0 Å². The smallest absolute Gasteiger partial charge is 0.310 e. The molecule has 0 heterocycles. The number of carbonyl (C=O) groups is 1. The Labute approximate surface area is 131 Å². The van der Waals surface area contributed by atoms with Gasteiger partial charge in [-0.3, -0.25) is 4.79 Å². The third-order valence-corrected chi connectivity index (χ3v) is 3.52. The van der Waals surface area contributed by atoms with E-state index in [0.29, 0.717) is 18.8 Å². The molecule has 0 saturated carbocycles. The highest BCUT2D eigenvalue weighted by atomic mass is 16.5. The summed E-state index contributed by atoms with van der Waals surface area (Å²) in [5.41, 5.74) is 3.27. The first-order valence-electron chi connectivity index (χ1n) is 7.65. The Balaban J connectivity index is 2.10. The number of hydrogen-bond donors (Lipinski definition) is 0. The van der Waals surface area contributed by atoms with Crippen LogP contribution in [0.5, 0.6) is 11.5 Å². The van der Waals surface area contributed by atoms with E-state index >= 15 is 0 Å². The summed E-state index contributed by atoms with van der Waals surface area (Å²) in [4.78, 5) is 11.5. The van der Waals surface area contributed by atoms with Gasteiger partial charge < -0.3 is 9.47 Å². The van der Waals surface area contributed by atoms with Crippen LogP contribution in [0.1, 0.15) is 37.0 Å². The van der Waals surface area contributed by atoms with Gasteiger partial charge in [-0.05, 0) is 36.6 Å². The minimum atomic E-state index is -0.240. The summed E-state index contributed by atoms with van der Waals surface area (Å²) in [5.74, 6) is 1.18. The third kappa shape index (κ3) is 4.10. The van der Waals surface area contributed by atoms with Crippen LogP contribution in [0.15, 0.2) is 42.5 Å². The second-order valence-electron chi connectivity index (χ2n) is 5.18. The van der Waals surface area contributed by atoms with Crippen molar-refractivity contribution in [1.29, 1.82) is 0 Å². The van der Waals surface area contributed by atoms with Gasteiger partial charge in [-0.15, -0.1) is 0 Å². The largest absolute Gasteiger partial charge is 0.488 e. The van der Waals surface area contributed by atoms with Crippen LogP contribution in [0.2, 0.25) is 0 Å². The third-order valence-electron chi connectivity index (χ3n) is 3.52. The number of rotatable bonds is 6.